The topological polar surface area (TPSA) is 54.0 Å². The van der Waals surface area contributed by atoms with Crippen molar-refractivity contribution < 1.29 is 23.7 Å². The molecule has 0 saturated carbocycles. The van der Waals surface area contributed by atoms with Crippen molar-refractivity contribution in [3.63, 3.8) is 0 Å². The molecule has 0 heterocycles. The number of hydrogen-bond acceptors (Lipinski definition) is 6. The predicted molar refractivity (Wildman–Crippen MR) is 159 cm³/mol. The largest absolute Gasteiger partial charge is 0.490 e. The SMILES string of the molecule is CCCOc1cc2ccc(Oc3ccc(C(=O)C(SCCOCC)C(C)(C)C)cc3)cc2cc1OCCC. The van der Waals surface area contributed by atoms with Crippen molar-refractivity contribution in [3.05, 3.63) is 60.2 Å². The van der Waals surface area contributed by atoms with Crippen LogP contribution in [0.15, 0.2) is 54.6 Å². The van der Waals surface area contributed by atoms with Crippen LogP contribution in [0.25, 0.3) is 10.8 Å². The van der Waals surface area contributed by atoms with Crippen LogP contribution in [-0.2, 0) is 4.74 Å². The minimum absolute atomic E-state index is 0.136. The van der Waals surface area contributed by atoms with Gasteiger partial charge in [-0.15, -0.1) is 11.8 Å². The molecule has 1 unspecified atom stereocenters. The van der Waals surface area contributed by atoms with Gasteiger partial charge >= 0.3 is 0 Å². The van der Waals surface area contributed by atoms with E-state index < -0.39 is 0 Å². The monoisotopic (exact) mass is 538 g/mol. The lowest BCUT2D eigenvalue weighted by molar-refractivity contribution is 0.0950. The number of fused-ring (bicyclic) bond motifs is 1. The van der Waals surface area contributed by atoms with Crippen LogP contribution < -0.4 is 14.2 Å². The summed E-state index contributed by atoms with van der Waals surface area (Å²) in [7, 11) is 0. The Bertz CT molecular complexity index is 1170. The number of ketones is 1. The molecule has 1 atom stereocenters. The first-order valence-corrected chi connectivity index (χ1v) is 14.7. The van der Waals surface area contributed by atoms with Crippen molar-refractivity contribution in [1.29, 1.82) is 0 Å². The first-order chi connectivity index (χ1) is 18.3. The molecule has 0 radical (unpaired) electrons. The molecular formula is C32H42O5S. The fourth-order valence-corrected chi connectivity index (χ4v) is 5.25. The Balaban J connectivity index is 1.75. The lowest BCUT2D eigenvalue weighted by atomic mass is 9.87. The highest BCUT2D eigenvalue weighted by molar-refractivity contribution is 8.00. The third-order valence-corrected chi connectivity index (χ3v) is 7.57. The van der Waals surface area contributed by atoms with E-state index in [9.17, 15) is 4.79 Å². The van der Waals surface area contributed by atoms with Crippen LogP contribution in [0.1, 0.15) is 64.7 Å². The molecule has 0 amide bonds. The number of Topliss-reactive ketones (excluding diaryl/α,β-unsaturated/α-hetero) is 1. The summed E-state index contributed by atoms with van der Waals surface area (Å²) in [5.74, 6) is 3.85. The molecule has 3 aromatic carbocycles. The van der Waals surface area contributed by atoms with Crippen molar-refractivity contribution in [3.8, 4) is 23.0 Å². The van der Waals surface area contributed by atoms with E-state index in [1.165, 1.54) is 0 Å². The number of carbonyl (C=O) groups excluding carboxylic acids is 1. The van der Waals surface area contributed by atoms with E-state index in [1.807, 2.05) is 61.5 Å². The fraction of sp³-hybridized carbons (Fsp3) is 0.469. The maximum absolute atomic E-state index is 13.3. The van der Waals surface area contributed by atoms with E-state index in [4.69, 9.17) is 18.9 Å². The van der Waals surface area contributed by atoms with Gasteiger partial charge in [-0.1, -0.05) is 40.7 Å². The van der Waals surface area contributed by atoms with Crippen LogP contribution in [0.3, 0.4) is 0 Å². The zero-order chi connectivity index (χ0) is 27.5. The smallest absolute Gasteiger partial charge is 0.176 e. The fourth-order valence-electron chi connectivity index (χ4n) is 4.01. The summed E-state index contributed by atoms with van der Waals surface area (Å²) in [5, 5.41) is 1.93. The summed E-state index contributed by atoms with van der Waals surface area (Å²) in [6.07, 6.45) is 1.86. The van der Waals surface area contributed by atoms with Crippen molar-refractivity contribution in [2.45, 2.75) is 59.6 Å². The summed E-state index contributed by atoms with van der Waals surface area (Å²) < 4.78 is 23.5. The van der Waals surface area contributed by atoms with Crippen LogP contribution in [0, 0.1) is 5.41 Å². The molecule has 6 heteroatoms. The highest BCUT2D eigenvalue weighted by Crippen LogP contribution is 2.36. The molecule has 0 aliphatic carbocycles. The van der Waals surface area contributed by atoms with E-state index in [0.29, 0.717) is 37.7 Å². The Morgan fingerprint density at radius 1 is 0.789 bits per heavy atom. The standard InChI is InChI=1S/C32H42O5S/c1-7-16-35-28-21-24-12-15-27(20-25(24)22-29(28)36-17-8-2)37-26-13-10-23(11-14-26)30(33)31(32(4,5)6)38-19-18-34-9-3/h10-15,20-22,31H,7-9,16-19H2,1-6H3. The van der Waals surface area contributed by atoms with Gasteiger partial charge in [0.05, 0.1) is 25.1 Å². The van der Waals surface area contributed by atoms with Crippen molar-refractivity contribution in [2.75, 3.05) is 32.2 Å². The third kappa shape index (κ3) is 8.40. The molecule has 0 aliphatic rings. The van der Waals surface area contributed by atoms with Crippen LogP contribution >= 0.6 is 11.8 Å². The molecule has 3 rings (SSSR count). The number of benzene rings is 3. The van der Waals surface area contributed by atoms with Crippen molar-refractivity contribution in [1.82, 2.24) is 0 Å². The van der Waals surface area contributed by atoms with E-state index in [1.54, 1.807) is 11.8 Å². The van der Waals surface area contributed by atoms with Crippen LogP contribution in [-0.4, -0.2) is 43.2 Å². The Hall–Kier alpha value is -2.70. The number of ether oxygens (including phenoxy) is 4. The number of rotatable bonds is 15. The Kier molecular flexibility index (Phi) is 11.4. The highest BCUT2D eigenvalue weighted by Gasteiger charge is 2.32. The van der Waals surface area contributed by atoms with Crippen LogP contribution in [0.4, 0.5) is 0 Å². The predicted octanol–water partition coefficient (Wildman–Crippen LogP) is 8.58. The average Bonchev–Trinajstić information content (AvgIpc) is 2.90. The number of carbonyl (C=O) groups is 1. The van der Waals surface area contributed by atoms with Gasteiger partial charge in [-0.2, -0.15) is 0 Å². The molecular weight excluding hydrogens is 496 g/mol. The van der Waals surface area contributed by atoms with Gasteiger partial charge in [0, 0.05) is 17.9 Å². The second kappa shape index (κ2) is 14.5. The van der Waals surface area contributed by atoms with Gasteiger partial charge in [-0.05, 0) is 84.5 Å². The molecule has 0 saturated heterocycles. The van der Waals surface area contributed by atoms with Gasteiger partial charge in [-0.25, -0.2) is 0 Å². The summed E-state index contributed by atoms with van der Waals surface area (Å²) >= 11 is 1.67. The second-order valence-electron chi connectivity index (χ2n) is 10.3. The summed E-state index contributed by atoms with van der Waals surface area (Å²) in [6, 6.07) is 17.4. The summed E-state index contributed by atoms with van der Waals surface area (Å²) in [5.41, 5.74) is 0.534. The number of thioether (sulfide) groups is 1. The summed E-state index contributed by atoms with van der Waals surface area (Å²) in [6.45, 7) is 15.1. The molecule has 0 fully saturated rings. The molecule has 0 bridgehead atoms. The summed E-state index contributed by atoms with van der Waals surface area (Å²) in [4.78, 5) is 13.3. The van der Waals surface area contributed by atoms with Crippen LogP contribution in [0.2, 0.25) is 0 Å². The number of hydrogen-bond donors (Lipinski definition) is 0. The van der Waals surface area contributed by atoms with E-state index in [-0.39, 0.29) is 16.4 Å². The van der Waals surface area contributed by atoms with Gasteiger partial charge in [0.2, 0.25) is 0 Å². The maximum Gasteiger partial charge on any atom is 0.176 e. The third-order valence-electron chi connectivity index (χ3n) is 5.91. The van der Waals surface area contributed by atoms with Gasteiger partial charge in [0.1, 0.15) is 11.5 Å². The van der Waals surface area contributed by atoms with Gasteiger partial charge < -0.3 is 18.9 Å². The van der Waals surface area contributed by atoms with Crippen molar-refractivity contribution >= 4 is 28.3 Å². The van der Waals surface area contributed by atoms with Crippen molar-refractivity contribution in [2.24, 2.45) is 5.41 Å². The molecule has 0 aliphatic heterocycles. The molecule has 0 spiro atoms. The second-order valence-corrected chi connectivity index (χ2v) is 11.5. The average molecular weight is 539 g/mol. The molecule has 0 aromatic heterocycles. The van der Waals surface area contributed by atoms with E-state index >= 15 is 0 Å². The first kappa shape index (κ1) is 29.9. The van der Waals surface area contributed by atoms with Crippen LogP contribution in [0.5, 0.6) is 23.0 Å². The van der Waals surface area contributed by atoms with E-state index in [0.717, 1.165) is 46.6 Å². The van der Waals surface area contributed by atoms with Gasteiger partial charge in [-0.3, -0.25) is 4.79 Å². The molecule has 0 N–H and O–H groups in total. The molecule has 38 heavy (non-hydrogen) atoms. The Morgan fingerprint density at radius 2 is 1.39 bits per heavy atom. The molecule has 3 aromatic rings. The highest BCUT2D eigenvalue weighted by atomic mass is 32.2. The quantitative estimate of drug-likeness (QED) is 0.143. The zero-order valence-corrected chi connectivity index (χ0v) is 24.5. The van der Waals surface area contributed by atoms with Gasteiger partial charge in [0.15, 0.2) is 17.3 Å². The minimum Gasteiger partial charge on any atom is -0.490 e. The lowest BCUT2D eigenvalue weighted by Crippen LogP contribution is -2.32. The minimum atomic E-state index is -0.157. The normalized spacial score (nSPS) is 12.4. The maximum atomic E-state index is 13.3. The first-order valence-electron chi connectivity index (χ1n) is 13.6. The molecule has 5 nitrogen and oxygen atoms in total. The molecule has 206 valence electrons. The van der Waals surface area contributed by atoms with E-state index in [2.05, 4.69) is 34.6 Å². The Morgan fingerprint density at radius 3 is 1.97 bits per heavy atom. The zero-order valence-electron chi connectivity index (χ0n) is 23.7. The lowest BCUT2D eigenvalue weighted by Gasteiger charge is -2.29. The Labute approximate surface area is 232 Å². The van der Waals surface area contributed by atoms with Gasteiger partial charge in [0.25, 0.3) is 0 Å².